The minimum absolute atomic E-state index is 0.722. The molecule has 0 aliphatic rings. The van der Waals surface area contributed by atoms with Crippen molar-refractivity contribution in [2.75, 3.05) is 14.2 Å². The molecule has 0 spiro atoms. The minimum Gasteiger partial charge on any atom is -0.497 e. The Morgan fingerprint density at radius 2 is 1.19 bits per heavy atom. The maximum absolute atomic E-state index is 9.60. The Morgan fingerprint density at radius 1 is 0.710 bits per heavy atom. The van der Waals surface area contributed by atoms with E-state index in [-0.39, 0.29) is 0 Å². The van der Waals surface area contributed by atoms with E-state index in [1.165, 1.54) is 21.9 Å². The summed E-state index contributed by atoms with van der Waals surface area (Å²) >= 11 is 0. The molecule has 158 valence electrons. The Hall–Kier alpha value is -3.53. The molecule has 0 aromatic heterocycles. The molecule has 0 atom stereocenters. The van der Waals surface area contributed by atoms with Crippen LogP contribution >= 0.6 is 0 Å². The third kappa shape index (κ3) is 4.64. The summed E-state index contributed by atoms with van der Waals surface area (Å²) in [6.07, 6.45) is 3.10. The van der Waals surface area contributed by atoms with Crippen molar-refractivity contribution in [1.82, 2.24) is 0 Å². The highest BCUT2D eigenvalue weighted by Gasteiger charge is 2.08. The highest BCUT2D eigenvalue weighted by molar-refractivity contribution is 5.90. The van der Waals surface area contributed by atoms with Crippen LogP contribution in [0.2, 0.25) is 0 Å². The number of nitrogens with zero attached hydrogens (tertiary/aromatic N) is 1. The van der Waals surface area contributed by atoms with E-state index in [4.69, 9.17) is 9.47 Å². The molecule has 0 saturated heterocycles. The topological polar surface area (TPSA) is 51.0 Å². The van der Waals surface area contributed by atoms with Crippen LogP contribution in [-0.2, 0) is 12.8 Å². The highest BCUT2D eigenvalue weighted by atomic mass is 16.5. The van der Waals surface area contributed by atoms with Gasteiger partial charge < -0.3 is 14.7 Å². The van der Waals surface area contributed by atoms with Crippen molar-refractivity contribution in [1.29, 1.82) is 0 Å². The van der Waals surface area contributed by atoms with Crippen molar-refractivity contribution in [3.8, 4) is 11.5 Å². The molecule has 4 rings (SSSR count). The van der Waals surface area contributed by atoms with Gasteiger partial charge in [-0.2, -0.15) is 0 Å². The first-order chi connectivity index (χ1) is 15.2. The summed E-state index contributed by atoms with van der Waals surface area (Å²) < 4.78 is 10.7. The first-order valence-electron chi connectivity index (χ1n) is 10.5. The summed E-state index contributed by atoms with van der Waals surface area (Å²) in [5.41, 5.74) is 3.31. The van der Waals surface area contributed by atoms with E-state index in [0.29, 0.717) is 0 Å². The Balaban J connectivity index is 1.45. The number of oxime groups is 1. The zero-order valence-corrected chi connectivity index (χ0v) is 18.0. The molecule has 0 aliphatic carbocycles. The zero-order valence-electron chi connectivity index (χ0n) is 18.0. The van der Waals surface area contributed by atoms with Gasteiger partial charge in [0.25, 0.3) is 0 Å². The van der Waals surface area contributed by atoms with E-state index >= 15 is 0 Å². The monoisotopic (exact) mass is 413 g/mol. The summed E-state index contributed by atoms with van der Waals surface area (Å²) in [7, 11) is 3.36. The van der Waals surface area contributed by atoms with Crippen LogP contribution in [0.1, 0.15) is 24.0 Å². The fraction of sp³-hybridized carbons (Fsp3) is 0.222. The van der Waals surface area contributed by atoms with Crippen LogP contribution in [0.15, 0.2) is 78.0 Å². The smallest absolute Gasteiger partial charge is 0.119 e. The first-order valence-corrected chi connectivity index (χ1v) is 10.5. The number of hydrogen-bond acceptors (Lipinski definition) is 4. The standard InChI is InChI=1S/C27H27NO3/c1-30-24-13-15-26-19(5-3-7-21(26)17-24)9-11-23(28-29)12-10-20-6-4-8-22-18-25(31-2)14-16-27(20)22/h3-8,13-18,29H,9-12H2,1-2H3. The molecule has 4 aromatic carbocycles. The molecule has 31 heavy (non-hydrogen) atoms. The van der Waals surface area contributed by atoms with Gasteiger partial charge in [0.05, 0.1) is 19.9 Å². The lowest BCUT2D eigenvalue weighted by Crippen LogP contribution is -2.04. The number of aryl methyl sites for hydroxylation is 2. The average molecular weight is 414 g/mol. The molecule has 0 heterocycles. The molecule has 4 nitrogen and oxygen atoms in total. The molecule has 1 N–H and O–H groups in total. The SMILES string of the molecule is COc1ccc2c(CCC(CCc3cccc4cc(OC)ccc34)=NO)cccc2c1. The molecule has 0 fully saturated rings. The van der Waals surface area contributed by atoms with Crippen LogP contribution in [0.3, 0.4) is 0 Å². The Labute approximate surface area is 182 Å². The molecule has 0 bridgehead atoms. The van der Waals surface area contributed by atoms with Gasteiger partial charge in [0, 0.05) is 0 Å². The Bertz CT molecular complexity index is 1140. The molecule has 0 radical (unpaired) electrons. The normalized spacial score (nSPS) is 10.9. The quantitative estimate of drug-likeness (QED) is 0.206. The Morgan fingerprint density at radius 3 is 1.61 bits per heavy atom. The summed E-state index contributed by atoms with van der Waals surface area (Å²) in [4.78, 5) is 0. The van der Waals surface area contributed by atoms with Crippen molar-refractivity contribution >= 4 is 27.3 Å². The second-order valence-electron chi connectivity index (χ2n) is 7.67. The second kappa shape index (κ2) is 9.52. The lowest BCUT2D eigenvalue weighted by Gasteiger charge is -2.11. The molecule has 0 unspecified atom stereocenters. The fourth-order valence-corrected chi connectivity index (χ4v) is 4.13. The third-order valence-corrected chi connectivity index (χ3v) is 5.86. The van der Waals surface area contributed by atoms with Gasteiger partial charge in [-0.15, -0.1) is 0 Å². The summed E-state index contributed by atoms with van der Waals surface area (Å²) in [5.74, 6) is 1.71. The molecule has 0 amide bonds. The van der Waals surface area contributed by atoms with Crippen LogP contribution in [0.25, 0.3) is 21.5 Å². The van der Waals surface area contributed by atoms with Crippen molar-refractivity contribution in [2.45, 2.75) is 25.7 Å². The predicted octanol–water partition coefficient (Wildman–Crippen LogP) is 6.41. The molecule has 0 saturated carbocycles. The van der Waals surface area contributed by atoms with E-state index in [1.807, 2.05) is 12.1 Å². The van der Waals surface area contributed by atoms with Crippen LogP contribution < -0.4 is 9.47 Å². The molecule has 4 heteroatoms. The van der Waals surface area contributed by atoms with Crippen molar-refractivity contribution in [2.24, 2.45) is 5.16 Å². The molecular weight excluding hydrogens is 386 g/mol. The van der Waals surface area contributed by atoms with Gasteiger partial charge in [-0.1, -0.05) is 53.7 Å². The lowest BCUT2D eigenvalue weighted by molar-refractivity contribution is 0.316. The van der Waals surface area contributed by atoms with Gasteiger partial charge in [0.2, 0.25) is 0 Å². The van der Waals surface area contributed by atoms with Crippen molar-refractivity contribution in [3.63, 3.8) is 0 Å². The summed E-state index contributed by atoms with van der Waals surface area (Å²) in [6.45, 7) is 0. The van der Waals surface area contributed by atoms with Crippen LogP contribution in [-0.4, -0.2) is 25.1 Å². The van der Waals surface area contributed by atoms with Gasteiger partial charge in [-0.3, -0.25) is 0 Å². The minimum atomic E-state index is 0.722. The fourth-order valence-electron chi connectivity index (χ4n) is 4.13. The van der Waals surface area contributed by atoms with Crippen molar-refractivity contribution in [3.05, 3.63) is 83.9 Å². The summed E-state index contributed by atoms with van der Waals surface area (Å²) in [5, 5.41) is 17.9. The van der Waals surface area contributed by atoms with Gasteiger partial charge in [-0.05, 0) is 82.6 Å². The number of fused-ring (bicyclic) bond motifs is 2. The van der Waals surface area contributed by atoms with E-state index in [1.54, 1.807) is 14.2 Å². The largest absolute Gasteiger partial charge is 0.497 e. The van der Waals surface area contributed by atoms with Crippen LogP contribution in [0.5, 0.6) is 11.5 Å². The number of rotatable bonds is 8. The molecular formula is C27H27NO3. The number of hydrogen-bond donors (Lipinski definition) is 1. The summed E-state index contributed by atoms with van der Waals surface area (Å²) in [6, 6.07) is 24.9. The molecule has 4 aromatic rings. The van der Waals surface area contributed by atoms with Gasteiger partial charge in [0.15, 0.2) is 0 Å². The maximum atomic E-state index is 9.60. The van der Waals surface area contributed by atoms with Gasteiger partial charge in [-0.25, -0.2) is 0 Å². The van der Waals surface area contributed by atoms with Gasteiger partial charge >= 0.3 is 0 Å². The highest BCUT2D eigenvalue weighted by Crippen LogP contribution is 2.26. The lowest BCUT2D eigenvalue weighted by atomic mass is 9.96. The molecule has 0 aliphatic heterocycles. The third-order valence-electron chi connectivity index (χ3n) is 5.86. The van der Waals surface area contributed by atoms with E-state index in [9.17, 15) is 5.21 Å². The van der Waals surface area contributed by atoms with E-state index in [2.05, 4.69) is 65.8 Å². The van der Waals surface area contributed by atoms with Gasteiger partial charge in [0.1, 0.15) is 11.5 Å². The zero-order chi connectivity index (χ0) is 21.6. The Kier molecular flexibility index (Phi) is 6.37. The number of methoxy groups -OCH3 is 2. The van der Waals surface area contributed by atoms with E-state index < -0.39 is 0 Å². The van der Waals surface area contributed by atoms with E-state index in [0.717, 1.165) is 53.7 Å². The number of ether oxygens (including phenoxy) is 2. The van der Waals surface area contributed by atoms with Crippen LogP contribution in [0.4, 0.5) is 0 Å². The average Bonchev–Trinajstić information content (AvgIpc) is 2.83. The maximum Gasteiger partial charge on any atom is 0.119 e. The first kappa shape index (κ1) is 20.7. The van der Waals surface area contributed by atoms with Crippen molar-refractivity contribution < 1.29 is 14.7 Å². The predicted molar refractivity (Wildman–Crippen MR) is 127 cm³/mol. The van der Waals surface area contributed by atoms with Crippen LogP contribution in [0, 0.1) is 0 Å². The number of benzene rings is 4. The second-order valence-corrected chi connectivity index (χ2v) is 7.67.